The van der Waals surface area contributed by atoms with E-state index in [9.17, 15) is 0 Å². The molecule has 116 valence electrons. The highest BCUT2D eigenvalue weighted by atomic mass is 16.8. The van der Waals surface area contributed by atoms with E-state index in [2.05, 4.69) is 0 Å². The molecule has 0 bridgehead atoms. The molecular weight excluding hydrogens is 264 g/mol. The molecule has 3 aliphatic rings. The molecule has 3 saturated heterocycles. The van der Waals surface area contributed by atoms with Crippen LogP contribution in [-0.2, 0) is 28.4 Å². The summed E-state index contributed by atoms with van der Waals surface area (Å²) in [6.07, 6.45) is -1.22. The first-order chi connectivity index (χ1) is 9.31. The lowest BCUT2D eigenvalue weighted by atomic mass is 10.1. The smallest absolute Gasteiger partial charge is 0.190 e. The monoisotopic (exact) mass is 288 g/mol. The number of ether oxygens (including phenoxy) is 6. The molecule has 3 fully saturated rings. The van der Waals surface area contributed by atoms with Crippen LogP contribution in [0.3, 0.4) is 0 Å². The second-order valence-electron chi connectivity index (χ2n) is 6.36. The van der Waals surface area contributed by atoms with Gasteiger partial charge in [-0.05, 0) is 34.6 Å². The summed E-state index contributed by atoms with van der Waals surface area (Å²) < 4.78 is 35.0. The van der Waals surface area contributed by atoms with Crippen molar-refractivity contribution < 1.29 is 28.4 Å². The van der Waals surface area contributed by atoms with Gasteiger partial charge >= 0.3 is 0 Å². The van der Waals surface area contributed by atoms with E-state index >= 15 is 0 Å². The molecule has 0 N–H and O–H groups in total. The standard InChI is InChI=1S/C14H24O6/c1-6-15-10-9(8-7-16-13(2,3)18-8)17-12-11(10)19-14(4,5)20-12/h8-12H,6-7H2,1-5H3/t8?,9?,10-,11+,12+/m0/s1. The predicted octanol–water partition coefficient (Wildman–Crippen LogP) is 1.42. The maximum absolute atomic E-state index is 5.99. The third-order valence-electron chi connectivity index (χ3n) is 3.78. The van der Waals surface area contributed by atoms with Crippen molar-refractivity contribution in [1.82, 2.24) is 0 Å². The molecule has 0 radical (unpaired) electrons. The van der Waals surface area contributed by atoms with Crippen LogP contribution in [0, 0.1) is 0 Å². The highest BCUT2D eigenvalue weighted by Crippen LogP contribution is 2.41. The summed E-state index contributed by atoms with van der Waals surface area (Å²) >= 11 is 0. The fraction of sp³-hybridized carbons (Fsp3) is 1.00. The summed E-state index contributed by atoms with van der Waals surface area (Å²) in [4.78, 5) is 0. The molecule has 0 aromatic rings. The molecule has 3 rings (SSSR count). The minimum atomic E-state index is -0.637. The minimum Gasteiger partial charge on any atom is -0.373 e. The number of fused-ring (bicyclic) bond motifs is 1. The molecule has 0 spiro atoms. The Kier molecular flexibility index (Phi) is 3.60. The van der Waals surface area contributed by atoms with Crippen LogP contribution >= 0.6 is 0 Å². The summed E-state index contributed by atoms with van der Waals surface area (Å²) in [6, 6.07) is 0. The Morgan fingerprint density at radius 3 is 2.35 bits per heavy atom. The molecule has 6 heteroatoms. The highest BCUT2D eigenvalue weighted by molar-refractivity contribution is 4.98. The topological polar surface area (TPSA) is 55.4 Å². The number of rotatable bonds is 3. The molecule has 2 unspecified atom stereocenters. The Labute approximate surface area is 119 Å². The van der Waals surface area contributed by atoms with E-state index in [-0.39, 0.29) is 24.4 Å². The van der Waals surface area contributed by atoms with Crippen molar-refractivity contribution in [3.05, 3.63) is 0 Å². The maximum Gasteiger partial charge on any atom is 0.190 e. The van der Waals surface area contributed by atoms with Gasteiger partial charge in [0.1, 0.15) is 24.4 Å². The van der Waals surface area contributed by atoms with Crippen molar-refractivity contribution in [3.63, 3.8) is 0 Å². The summed E-state index contributed by atoms with van der Waals surface area (Å²) in [6.45, 7) is 10.6. The van der Waals surface area contributed by atoms with Gasteiger partial charge in [0.2, 0.25) is 0 Å². The van der Waals surface area contributed by atoms with Gasteiger partial charge in [0.15, 0.2) is 17.9 Å². The molecule has 0 amide bonds. The SMILES string of the molecule is CCO[C@H]1C(C2COC(C)(C)O2)O[C@@H]2OC(C)(C)O[C@@H]21. The first-order valence-corrected chi connectivity index (χ1v) is 7.26. The van der Waals surface area contributed by atoms with Crippen molar-refractivity contribution in [2.75, 3.05) is 13.2 Å². The fourth-order valence-electron chi connectivity index (χ4n) is 3.06. The van der Waals surface area contributed by atoms with E-state index < -0.39 is 17.9 Å². The molecule has 0 saturated carbocycles. The molecular formula is C14H24O6. The Bertz CT molecular complexity index is 369. The van der Waals surface area contributed by atoms with E-state index in [0.717, 1.165) is 0 Å². The molecule has 0 aliphatic carbocycles. The van der Waals surface area contributed by atoms with Crippen LogP contribution in [0.15, 0.2) is 0 Å². The average Bonchev–Trinajstić information content (AvgIpc) is 2.91. The van der Waals surface area contributed by atoms with Gasteiger partial charge in [0, 0.05) is 6.61 Å². The van der Waals surface area contributed by atoms with Crippen LogP contribution < -0.4 is 0 Å². The Morgan fingerprint density at radius 2 is 1.75 bits per heavy atom. The first-order valence-electron chi connectivity index (χ1n) is 7.26. The summed E-state index contributed by atoms with van der Waals surface area (Å²) in [5.41, 5.74) is 0. The lowest BCUT2D eigenvalue weighted by Gasteiger charge is -2.28. The van der Waals surface area contributed by atoms with Gasteiger partial charge < -0.3 is 28.4 Å². The van der Waals surface area contributed by atoms with Crippen LogP contribution in [0.1, 0.15) is 34.6 Å². The quantitative estimate of drug-likeness (QED) is 0.783. The van der Waals surface area contributed by atoms with Gasteiger partial charge in [-0.25, -0.2) is 0 Å². The van der Waals surface area contributed by atoms with E-state index in [0.29, 0.717) is 13.2 Å². The van der Waals surface area contributed by atoms with Crippen LogP contribution in [0.4, 0.5) is 0 Å². The van der Waals surface area contributed by atoms with Crippen LogP contribution in [-0.4, -0.2) is 55.5 Å². The third-order valence-corrected chi connectivity index (χ3v) is 3.78. The van der Waals surface area contributed by atoms with Gasteiger partial charge in [-0.1, -0.05) is 0 Å². The van der Waals surface area contributed by atoms with Crippen molar-refractivity contribution in [3.8, 4) is 0 Å². The second-order valence-corrected chi connectivity index (χ2v) is 6.36. The van der Waals surface area contributed by atoms with Crippen molar-refractivity contribution in [2.24, 2.45) is 0 Å². The predicted molar refractivity (Wildman–Crippen MR) is 69.0 cm³/mol. The van der Waals surface area contributed by atoms with Crippen molar-refractivity contribution in [1.29, 1.82) is 0 Å². The molecule has 0 aromatic heterocycles. The van der Waals surface area contributed by atoms with Gasteiger partial charge in [-0.3, -0.25) is 0 Å². The first kappa shape index (κ1) is 14.7. The summed E-state index contributed by atoms with van der Waals surface area (Å²) in [5, 5.41) is 0. The van der Waals surface area contributed by atoms with Gasteiger partial charge in [-0.2, -0.15) is 0 Å². The summed E-state index contributed by atoms with van der Waals surface area (Å²) in [5.74, 6) is -1.22. The van der Waals surface area contributed by atoms with Crippen molar-refractivity contribution >= 4 is 0 Å². The van der Waals surface area contributed by atoms with Crippen molar-refractivity contribution in [2.45, 2.75) is 76.9 Å². The molecule has 20 heavy (non-hydrogen) atoms. The largest absolute Gasteiger partial charge is 0.373 e. The minimum absolute atomic E-state index is 0.164. The normalized spacial score (nSPS) is 45.8. The van der Waals surface area contributed by atoms with E-state index in [1.807, 2.05) is 34.6 Å². The van der Waals surface area contributed by atoms with E-state index in [1.54, 1.807) is 0 Å². The Morgan fingerprint density at radius 1 is 1.00 bits per heavy atom. The third kappa shape index (κ3) is 2.61. The molecule has 6 nitrogen and oxygen atoms in total. The highest BCUT2D eigenvalue weighted by Gasteiger charge is 2.58. The molecule has 0 aromatic carbocycles. The lowest BCUT2D eigenvalue weighted by molar-refractivity contribution is -0.235. The average molecular weight is 288 g/mol. The zero-order valence-corrected chi connectivity index (χ0v) is 12.8. The zero-order valence-electron chi connectivity index (χ0n) is 12.8. The van der Waals surface area contributed by atoms with Crippen LogP contribution in [0.2, 0.25) is 0 Å². The number of hydrogen-bond donors (Lipinski definition) is 0. The van der Waals surface area contributed by atoms with Gasteiger partial charge in [-0.15, -0.1) is 0 Å². The fourth-order valence-corrected chi connectivity index (χ4v) is 3.06. The van der Waals surface area contributed by atoms with E-state index in [4.69, 9.17) is 28.4 Å². The maximum atomic E-state index is 5.99. The van der Waals surface area contributed by atoms with Gasteiger partial charge in [0.25, 0.3) is 0 Å². The Balaban J connectivity index is 1.73. The van der Waals surface area contributed by atoms with Crippen LogP contribution in [0.25, 0.3) is 0 Å². The second kappa shape index (κ2) is 4.90. The molecule has 5 atom stereocenters. The van der Waals surface area contributed by atoms with Crippen LogP contribution in [0.5, 0.6) is 0 Å². The molecule has 3 heterocycles. The Hall–Kier alpha value is -0.240. The summed E-state index contributed by atoms with van der Waals surface area (Å²) in [7, 11) is 0. The molecule has 3 aliphatic heterocycles. The zero-order chi connectivity index (χ0) is 14.5. The lowest BCUT2D eigenvalue weighted by Crippen LogP contribution is -2.44. The van der Waals surface area contributed by atoms with E-state index in [1.165, 1.54) is 0 Å². The van der Waals surface area contributed by atoms with Gasteiger partial charge in [0.05, 0.1) is 6.61 Å². The number of hydrogen-bond acceptors (Lipinski definition) is 6.